The van der Waals surface area contributed by atoms with E-state index in [1.54, 1.807) is 0 Å². The van der Waals surface area contributed by atoms with Gasteiger partial charge in [-0.25, -0.2) is 5.01 Å². The molecule has 0 fully saturated rings. The molecule has 0 spiro atoms. The van der Waals surface area contributed by atoms with Gasteiger partial charge in [0.15, 0.2) is 5.58 Å². The summed E-state index contributed by atoms with van der Waals surface area (Å²) in [7, 11) is 0. The van der Waals surface area contributed by atoms with Crippen molar-refractivity contribution in [1.29, 1.82) is 0 Å². The third-order valence-corrected chi connectivity index (χ3v) is 4.48. The van der Waals surface area contributed by atoms with Crippen LogP contribution in [0.4, 0.5) is 6.01 Å². The number of oxazole rings is 1. The van der Waals surface area contributed by atoms with Crippen LogP contribution in [0.2, 0.25) is 5.02 Å². The van der Waals surface area contributed by atoms with Crippen LogP contribution < -0.4 is 5.73 Å². The number of fused-ring (bicyclic) bond motifs is 1. The summed E-state index contributed by atoms with van der Waals surface area (Å²) in [5, 5.41) is 6.70. The number of hydrogen-bond donors (Lipinski definition) is 1. The lowest BCUT2D eigenvalue weighted by Gasteiger charge is -2.20. The van der Waals surface area contributed by atoms with Crippen molar-refractivity contribution < 1.29 is 9.21 Å². The summed E-state index contributed by atoms with van der Waals surface area (Å²) in [6.07, 6.45) is 0.611. The molecule has 7 heteroatoms. The highest BCUT2D eigenvalue weighted by atomic mass is 35.5. The van der Waals surface area contributed by atoms with Gasteiger partial charge in [-0.1, -0.05) is 23.7 Å². The number of hydrazone groups is 1. The van der Waals surface area contributed by atoms with E-state index < -0.39 is 0 Å². The summed E-state index contributed by atoms with van der Waals surface area (Å²) in [6.45, 7) is 1.51. The molecule has 0 saturated carbocycles. The van der Waals surface area contributed by atoms with Crippen molar-refractivity contribution in [1.82, 2.24) is 9.99 Å². The number of carbonyl (C=O) groups is 1. The van der Waals surface area contributed by atoms with Crippen LogP contribution in [0.5, 0.6) is 0 Å². The zero-order chi connectivity index (χ0) is 17.6. The fraction of sp³-hybridized carbons (Fsp3) is 0.167. The van der Waals surface area contributed by atoms with Gasteiger partial charge in [-0.05, 0) is 35.9 Å². The van der Waals surface area contributed by atoms with Crippen LogP contribution in [-0.4, -0.2) is 21.6 Å². The Labute approximate surface area is 148 Å². The van der Waals surface area contributed by atoms with Gasteiger partial charge in [-0.3, -0.25) is 4.79 Å². The number of amides is 1. The average Bonchev–Trinajstić information content (AvgIpc) is 3.17. The lowest BCUT2D eigenvalue weighted by atomic mass is 9.98. The molecule has 126 valence electrons. The minimum atomic E-state index is -0.150. The molecule has 1 aliphatic heterocycles. The van der Waals surface area contributed by atoms with Gasteiger partial charge < -0.3 is 10.2 Å². The molecule has 1 aromatic heterocycles. The van der Waals surface area contributed by atoms with E-state index in [1.165, 1.54) is 11.9 Å². The Hall–Kier alpha value is -2.86. The number of halogens is 1. The van der Waals surface area contributed by atoms with Crippen LogP contribution in [-0.2, 0) is 4.79 Å². The number of nitrogens with two attached hydrogens (primary N) is 1. The Kier molecular flexibility index (Phi) is 3.69. The minimum absolute atomic E-state index is 0.110. The fourth-order valence-electron chi connectivity index (χ4n) is 3.04. The third kappa shape index (κ3) is 2.85. The number of carbonyl (C=O) groups excluding carboxylic acids is 1. The first kappa shape index (κ1) is 15.7. The molecule has 1 atom stereocenters. The van der Waals surface area contributed by atoms with E-state index in [2.05, 4.69) is 10.1 Å². The standard InChI is InChI=1S/C18H15ClN4O2/c1-10(24)23-16(11-2-5-13(19)6-3-11)9-14(22-23)12-4-7-17-15(8-12)21-18(20)25-17/h2-8,16H,9H2,1H3,(H2,20,21). The normalized spacial score (nSPS) is 17.1. The first-order valence-electron chi connectivity index (χ1n) is 7.80. The molecule has 3 aromatic rings. The molecule has 0 aliphatic carbocycles. The van der Waals surface area contributed by atoms with Gasteiger partial charge in [-0.15, -0.1) is 0 Å². The molecular formula is C18H15ClN4O2. The molecule has 6 nitrogen and oxygen atoms in total. The molecule has 0 saturated heterocycles. The fourth-order valence-corrected chi connectivity index (χ4v) is 3.17. The number of benzene rings is 2. The summed E-state index contributed by atoms with van der Waals surface area (Å²) in [5.41, 5.74) is 9.59. The molecule has 25 heavy (non-hydrogen) atoms. The lowest BCUT2D eigenvalue weighted by molar-refractivity contribution is -0.130. The Morgan fingerprint density at radius 1 is 1.28 bits per heavy atom. The van der Waals surface area contributed by atoms with Crippen LogP contribution in [0.1, 0.15) is 30.5 Å². The van der Waals surface area contributed by atoms with Gasteiger partial charge in [-0.2, -0.15) is 10.1 Å². The topological polar surface area (TPSA) is 84.7 Å². The molecule has 1 unspecified atom stereocenters. The number of hydrogen-bond acceptors (Lipinski definition) is 5. The average molecular weight is 355 g/mol. The summed E-state index contributed by atoms with van der Waals surface area (Å²) < 4.78 is 5.30. The van der Waals surface area contributed by atoms with Crippen LogP contribution in [0.3, 0.4) is 0 Å². The van der Waals surface area contributed by atoms with E-state index in [0.717, 1.165) is 16.8 Å². The van der Waals surface area contributed by atoms with Crippen molar-refractivity contribution in [2.75, 3.05) is 5.73 Å². The Bertz CT molecular complexity index is 994. The maximum atomic E-state index is 12.0. The number of nitrogens with zero attached hydrogens (tertiary/aromatic N) is 3. The van der Waals surface area contributed by atoms with Gasteiger partial charge in [0.2, 0.25) is 5.91 Å². The minimum Gasteiger partial charge on any atom is -0.424 e. The number of rotatable bonds is 2. The van der Waals surface area contributed by atoms with Crippen LogP contribution >= 0.6 is 11.6 Å². The highest BCUT2D eigenvalue weighted by Gasteiger charge is 2.31. The number of aromatic nitrogens is 1. The molecular weight excluding hydrogens is 340 g/mol. The van der Waals surface area contributed by atoms with Crippen LogP contribution in [0.25, 0.3) is 11.1 Å². The zero-order valence-corrected chi connectivity index (χ0v) is 14.2. The smallest absolute Gasteiger partial charge is 0.292 e. The van der Waals surface area contributed by atoms with E-state index in [-0.39, 0.29) is 18.0 Å². The van der Waals surface area contributed by atoms with Gasteiger partial charge in [0.1, 0.15) is 5.52 Å². The van der Waals surface area contributed by atoms with Gasteiger partial charge in [0, 0.05) is 23.9 Å². The predicted octanol–water partition coefficient (Wildman–Crippen LogP) is 3.76. The van der Waals surface area contributed by atoms with E-state index in [9.17, 15) is 4.79 Å². The summed E-state index contributed by atoms with van der Waals surface area (Å²) in [5.74, 6) is -0.110. The van der Waals surface area contributed by atoms with Crippen LogP contribution in [0.15, 0.2) is 52.0 Å². The molecule has 4 rings (SSSR count). The molecule has 0 radical (unpaired) electrons. The maximum absolute atomic E-state index is 12.0. The van der Waals surface area contributed by atoms with Crippen molar-refractivity contribution in [3.8, 4) is 0 Å². The van der Waals surface area contributed by atoms with Crippen molar-refractivity contribution in [3.05, 3.63) is 58.6 Å². The van der Waals surface area contributed by atoms with E-state index in [1.807, 2.05) is 42.5 Å². The van der Waals surface area contributed by atoms with Crippen molar-refractivity contribution >= 4 is 40.3 Å². The predicted molar refractivity (Wildman–Crippen MR) is 96.3 cm³/mol. The molecule has 1 amide bonds. The number of nitrogen functional groups attached to an aromatic ring is 1. The largest absolute Gasteiger partial charge is 0.424 e. The van der Waals surface area contributed by atoms with Crippen molar-refractivity contribution in [2.24, 2.45) is 5.10 Å². The second-order valence-electron chi connectivity index (χ2n) is 5.92. The van der Waals surface area contributed by atoms with Crippen LogP contribution in [0, 0.1) is 0 Å². The molecule has 2 aromatic carbocycles. The molecule has 2 N–H and O–H groups in total. The molecule has 1 aliphatic rings. The summed E-state index contributed by atoms with van der Waals surface area (Å²) in [6, 6.07) is 13.0. The Balaban J connectivity index is 1.70. The van der Waals surface area contributed by atoms with Crippen molar-refractivity contribution in [2.45, 2.75) is 19.4 Å². The van der Waals surface area contributed by atoms with E-state index in [4.69, 9.17) is 21.8 Å². The van der Waals surface area contributed by atoms with Gasteiger partial charge in [0.25, 0.3) is 6.01 Å². The summed E-state index contributed by atoms with van der Waals surface area (Å²) >= 11 is 5.96. The monoisotopic (exact) mass is 354 g/mol. The van der Waals surface area contributed by atoms with E-state index in [0.29, 0.717) is 22.5 Å². The second kappa shape index (κ2) is 5.89. The highest BCUT2D eigenvalue weighted by Crippen LogP contribution is 2.34. The van der Waals surface area contributed by atoms with E-state index >= 15 is 0 Å². The first-order chi connectivity index (χ1) is 12.0. The van der Waals surface area contributed by atoms with Crippen molar-refractivity contribution in [3.63, 3.8) is 0 Å². The molecule has 0 bridgehead atoms. The van der Waals surface area contributed by atoms with Gasteiger partial charge in [0.05, 0.1) is 11.8 Å². The summed E-state index contributed by atoms with van der Waals surface area (Å²) in [4.78, 5) is 16.2. The lowest BCUT2D eigenvalue weighted by Crippen LogP contribution is -2.24. The Morgan fingerprint density at radius 3 is 2.76 bits per heavy atom. The SMILES string of the molecule is CC(=O)N1N=C(c2ccc3oc(N)nc3c2)CC1c1ccc(Cl)cc1. The quantitative estimate of drug-likeness (QED) is 0.759. The number of anilines is 1. The Morgan fingerprint density at radius 2 is 2.04 bits per heavy atom. The second-order valence-corrected chi connectivity index (χ2v) is 6.35. The molecule has 2 heterocycles. The maximum Gasteiger partial charge on any atom is 0.292 e. The zero-order valence-electron chi connectivity index (χ0n) is 13.4. The highest BCUT2D eigenvalue weighted by molar-refractivity contribution is 6.30. The first-order valence-corrected chi connectivity index (χ1v) is 8.18. The van der Waals surface area contributed by atoms with Gasteiger partial charge >= 0.3 is 0 Å². The third-order valence-electron chi connectivity index (χ3n) is 4.23.